The number of esters is 1. The number of aryl methyl sites for hydroxylation is 2. The number of Topliss-reactive ketones (excluding diaryl/α,β-unsaturated/α-hetero) is 1. The molecule has 2 rings (SSSR count). The molecule has 0 radical (unpaired) electrons. The first-order chi connectivity index (χ1) is 12.3. The van der Waals surface area contributed by atoms with Gasteiger partial charge in [-0.2, -0.15) is 0 Å². The molecule has 0 saturated heterocycles. The number of allylic oxidation sites excluding steroid dienone is 1. The predicted octanol–water partition coefficient (Wildman–Crippen LogP) is 5.22. The monoisotopic (exact) mass is 348 g/mol. The number of ether oxygens (including phenoxy) is 1. The van der Waals surface area contributed by atoms with Gasteiger partial charge < -0.3 is 4.74 Å². The van der Waals surface area contributed by atoms with E-state index in [1.807, 2.05) is 43.3 Å². The molecule has 3 nitrogen and oxygen atoms in total. The summed E-state index contributed by atoms with van der Waals surface area (Å²) in [6, 6.07) is 13.8. The standard InChI is InChI=1S/C23H24O3/c1-15(2)21(24)12-8-18-6-9-19(10-7-18)20-11-13-22(17(5)14-20)26-23(25)16(3)4/h6-7,9-11,13-14H,1,3,8,12H2,2,4-5H3. The molecule has 134 valence electrons. The highest BCUT2D eigenvalue weighted by molar-refractivity contribution is 5.94. The lowest BCUT2D eigenvalue weighted by Crippen LogP contribution is -2.09. The Kier molecular flexibility index (Phi) is 6.29. The quantitative estimate of drug-likeness (QED) is 0.391. The average molecular weight is 348 g/mol. The van der Waals surface area contributed by atoms with E-state index in [1.165, 1.54) is 0 Å². The lowest BCUT2D eigenvalue weighted by Gasteiger charge is -2.10. The topological polar surface area (TPSA) is 43.4 Å². The fourth-order valence-electron chi connectivity index (χ4n) is 2.47. The second-order valence-electron chi connectivity index (χ2n) is 6.55. The van der Waals surface area contributed by atoms with Gasteiger partial charge in [0.1, 0.15) is 5.75 Å². The van der Waals surface area contributed by atoms with E-state index in [9.17, 15) is 9.59 Å². The van der Waals surface area contributed by atoms with Crippen molar-refractivity contribution < 1.29 is 14.3 Å². The van der Waals surface area contributed by atoms with Crippen LogP contribution in [0.5, 0.6) is 5.75 Å². The first kappa shape index (κ1) is 19.4. The Balaban J connectivity index is 2.10. The van der Waals surface area contributed by atoms with Crippen molar-refractivity contribution in [2.75, 3.05) is 0 Å². The lowest BCUT2D eigenvalue weighted by atomic mass is 9.99. The van der Waals surface area contributed by atoms with E-state index in [2.05, 4.69) is 13.2 Å². The zero-order chi connectivity index (χ0) is 19.3. The highest BCUT2D eigenvalue weighted by atomic mass is 16.5. The predicted molar refractivity (Wildman–Crippen MR) is 105 cm³/mol. The van der Waals surface area contributed by atoms with Gasteiger partial charge in [0, 0.05) is 12.0 Å². The minimum absolute atomic E-state index is 0.101. The van der Waals surface area contributed by atoms with Gasteiger partial charge in [0.25, 0.3) is 0 Å². The number of hydrogen-bond donors (Lipinski definition) is 0. The Morgan fingerprint density at radius 3 is 2.08 bits per heavy atom. The SMILES string of the molecule is C=C(C)C(=O)CCc1ccc(-c2ccc(OC(=O)C(=C)C)c(C)c2)cc1. The third kappa shape index (κ3) is 5.03. The summed E-state index contributed by atoms with van der Waals surface area (Å²) < 4.78 is 5.31. The van der Waals surface area contributed by atoms with Gasteiger partial charge in [-0.1, -0.05) is 43.5 Å². The molecule has 0 aliphatic rings. The third-order valence-corrected chi connectivity index (χ3v) is 4.13. The second kappa shape index (κ2) is 8.43. The number of ketones is 1. The van der Waals surface area contributed by atoms with Crippen molar-refractivity contribution in [1.29, 1.82) is 0 Å². The fourth-order valence-corrected chi connectivity index (χ4v) is 2.47. The molecule has 0 atom stereocenters. The molecule has 0 spiro atoms. The zero-order valence-electron chi connectivity index (χ0n) is 15.6. The Hall–Kier alpha value is -2.94. The molecule has 26 heavy (non-hydrogen) atoms. The molecule has 0 aliphatic heterocycles. The molecule has 0 fully saturated rings. The van der Waals surface area contributed by atoms with E-state index in [0.717, 1.165) is 22.3 Å². The number of rotatable bonds is 7. The van der Waals surface area contributed by atoms with E-state index in [-0.39, 0.29) is 5.78 Å². The molecule has 0 aromatic heterocycles. The summed E-state index contributed by atoms with van der Waals surface area (Å²) in [5.41, 5.74) is 5.09. The van der Waals surface area contributed by atoms with Crippen LogP contribution in [0, 0.1) is 6.92 Å². The van der Waals surface area contributed by atoms with E-state index in [4.69, 9.17) is 4.74 Å². The fraction of sp³-hybridized carbons (Fsp3) is 0.217. The number of carbonyl (C=O) groups excluding carboxylic acids is 2. The Labute approximate surface area is 155 Å². The van der Waals surface area contributed by atoms with Gasteiger partial charge in [0.05, 0.1) is 0 Å². The summed E-state index contributed by atoms with van der Waals surface area (Å²) in [5.74, 6) is 0.218. The van der Waals surface area contributed by atoms with Crippen LogP contribution in [-0.4, -0.2) is 11.8 Å². The van der Waals surface area contributed by atoms with Crippen molar-refractivity contribution in [3.8, 4) is 16.9 Å². The molecule has 0 aliphatic carbocycles. The first-order valence-corrected chi connectivity index (χ1v) is 8.54. The minimum atomic E-state index is -0.422. The van der Waals surface area contributed by atoms with Crippen LogP contribution >= 0.6 is 0 Å². The maximum atomic E-state index is 11.7. The highest BCUT2D eigenvalue weighted by Crippen LogP contribution is 2.27. The van der Waals surface area contributed by atoms with Crippen LogP contribution in [0.4, 0.5) is 0 Å². The summed E-state index contributed by atoms with van der Waals surface area (Å²) in [4.78, 5) is 23.3. The number of carbonyl (C=O) groups is 2. The second-order valence-corrected chi connectivity index (χ2v) is 6.55. The molecular formula is C23H24O3. The van der Waals surface area contributed by atoms with Crippen molar-refractivity contribution in [2.45, 2.75) is 33.6 Å². The van der Waals surface area contributed by atoms with Gasteiger partial charge in [-0.25, -0.2) is 4.79 Å². The summed E-state index contributed by atoms with van der Waals surface area (Å²) >= 11 is 0. The molecule has 0 amide bonds. The van der Waals surface area contributed by atoms with Crippen molar-refractivity contribution in [2.24, 2.45) is 0 Å². The van der Waals surface area contributed by atoms with Crippen LogP contribution < -0.4 is 4.74 Å². The van der Waals surface area contributed by atoms with Gasteiger partial charge in [-0.3, -0.25) is 4.79 Å². The number of benzene rings is 2. The third-order valence-electron chi connectivity index (χ3n) is 4.13. The molecular weight excluding hydrogens is 324 g/mol. The Bertz CT molecular complexity index is 858. The smallest absolute Gasteiger partial charge is 0.338 e. The molecule has 3 heteroatoms. The van der Waals surface area contributed by atoms with Gasteiger partial charge >= 0.3 is 5.97 Å². The zero-order valence-corrected chi connectivity index (χ0v) is 15.6. The van der Waals surface area contributed by atoms with Crippen LogP contribution in [-0.2, 0) is 16.0 Å². The summed E-state index contributed by atoms with van der Waals surface area (Å²) in [6.45, 7) is 12.5. The van der Waals surface area contributed by atoms with Crippen LogP contribution in [0.1, 0.15) is 31.4 Å². The van der Waals surface area contributed by atoms with Crippen LogP contribution in [0.3, 0.4) is 0 Å². The lowest BCUT2D eigenvalue weighted by molar-refractivity contribution is -0.130. The van der Waals surface area contributed by atoms with Crippen molar-refractivity contribution in [3.63, 3.8) is 0 Å². The Morgan fingerprint density at radius 2 is 1.54 bits per heavy atom. The summed E-state index contributed by atoms with van der Waals surface area (Å²) in [6.07, 6.45) is 1.19. The molecule has 0 saturated carbocycles. The van der Waals surface area contributed by atoms with Gasteiger partial charge in [-0.15, -0.1) is 0 Å². The van der Waals surface area contributed by atoms with Crippen LogP contribution in [0.2, 0.25) is 0 Å². The van der Waals surface area contributed by atoms with Gasteiger partial charge in [-0.05, 0) is 67.2 Å². The maximum Gasteiger partial charge on any atom is 0.338 e. The largest absolute Gasteiger partial charge is 0.423 e. The number of hydrogen-bond acceptors (Lipinski definition) is 3. The van der Waals surface area contributed by atoms with E-state index >= 15 is 0 Å². The summed E-state index contributed by atoms with van der Waals surface area (Å²) in [5, 5.41) is 0. The molecule has 0 unspecified atom stereocenters. The van der Waals surface area contributed by atoms with Crippen molar-refractivity contribution >= 4 is 11.8 Å². The van der Waals surface area contributed by atoms with Crippen LogP contribution in [0.25, 0.3) is 11.1 Å². The molecule has 0 N–H and O–H groups in total. The normalized spacial score (nSPS) is 10.3. The molecule has 2 aromatic rings. The molecule has 2 aromatic carbocycles. The Morgan fingerprint density at radius 1 is 0.923 bits per heavy atom. The first-order valence-electron chi connectivity index (χ1n) is 8.54. The molecule has 0 bridgehead atoms. The summed E-state index contributed by atoms with van der Waals surface area (Å²) in [7, 11) is 0. The minimum Gasteiger partial charge on any atom is -0.423 e. The van der Waals surface area contributed by atoms with Gasteiger partial charge in [0.15, 0.2) is 5.78 Å². The van der Waals surface area contributed by atoms with Crippen LogP contribution in [0.15, 0.2) is 66.8 Å². The maximum absolute atomic E-state index is 11.7. The van der Waals surface area contributed by atoms with E-state index in [1.54, 1.807) is 19.9 Å². The van der Waals surface area contributed by atoms with E-state index < -0.39 is 5.97 Å². The van der Waals surface area contributed by atoms with E-state index in [0.29, 0.717) is 29.7 Å². The van der Waals surface area contributed by atoms with Gasteiger partial charge in [0.2, 0.25) is 0 Å². The van der Waals surface area contributed by atoms with Crippen molar-refractivity contribution in [1.82, 2.24) is 0 Å². The molecule has 0 heterocycles. The van der Waals surface area contributed by atoms with Crippen molar-refractivity contribution in [3.05, 3.63) is 77.9 Å². The average Bonchev–Trinajstić information content (AvgIpc) is 2.61. The highest BCUT2D eigenvalue weighted by Gasteiger charge is 2.09.